The fourth-order valence-electron chi connectivity index (χ4n) is 3.24. The molecule has 1 aliphatic heterocycles. The Kier molecular flexibility index (Phi) is 4.89. The Morgan fingerprint density at radius 2 is 2.03 bits per heavy atom. The number of carbonyl (C=O) groups is 1. The molecule has 0 saturated carbocycles. The first-order chi connectivity index (χ1) is 14.0. The number of anilines is 2. The van der Waals surface area contributed by atoms with E-state index in [2.05, 4.69) is 30.6 Å². The molecule has 29 heavy (non-hydrogen) atoms. The third-order valence-corrected chi connectivity index (χ3v) is 4.82. The van der Waals surface area contributed by atoms with Crippen LogP contribution in [0.5, 0.6) is 0 Å². The van der Waals surface area contributed by atoms with Crippen molar-refractivity contribution in [2.45, 2.75) is 12.8 Å². The number of amides is 1. The van der Waals surface area contributed by atoms with Crippen molar-refractivity contribution in [1.29, 1.82) is 0 Å². The molecule has 12 heteroatoms. The normalized spacial score (nSPS) is 16.6. The van der Waals surface area contributed by atoms with Crippen LogP contribution in [-0.2, 0) is 11.8 Å². The summed E-state index contributed by atoms with van der Waals surface area (Å²) in [4.78, 5) is 43.9. The lowest BCUT2D eigenvalue weighted by Crippen LogP contribution is -2.42. The second-order valence-corrected chi connectivity index (χ2v) is 6.75. The molecule has 4 rings (SSSR count). The second kappa shape index (κ2) is 7.66. The van der Waals surface area contributed by atoms with Crippen LogP contribution >= 0.6 is 0 Å². The number of aromatic amines is 1. The minimum Gasteiger partial charge on any atom is -0.354 e. The van der Waals surface area contributed by atoms with Crippen molar-refractivity contribution in [1.82, 2.24) is 34.5 Å². The highest BCUT2D eigenvalue weighted by Gasteiger charge is 2.27. The van der Waals surface area contributed by atoms with E-state index in [0.29, 0.717) is 24.6 Å². The Labute approximate surface area is 164 Å². The van der Waals surface area contributed by atoms with Gasteiger partial charge in [-0.05, 0) is 25.0 Å². The number of nitrogens with one attached hydrogen (secondary N) is 2. The molecule has 150 valence electrons. The lowest BCUT2D eigenvalue weighted by Gasteiger charge is -2.32. The number of hydrogen-bond donors (Lipinski definition) is 2. The smallest absolute Gasteiger partial charge is 0.329 e. The largest absolute Gasteiger partial charge is 0.354 e. The summed E-state index contributed by atoms with van der Waals surface area (Å²) >= 11 is 0. The fraction of sp³-hybridized carbons (Fsp3) is 0.353. The van der Waals surface area contributed by atoms with Crippen molar-refractivity contribution in [3.05, 3.63) is 51.7 Å². The predicted molar refractivity (Wildman–Crippen MR) is 103 cm³/mol. The first-order valence-electron chi connectivity index (χ1n) is 9.06. The molecule has 1 amide bonds. The molecule has 1 aliphatic rings. The standard InChI is InChI=1S/C17H19N9O3/c1-24-14(7-15(27)21-17(24)29)20-16(28)11-3-2-6-25(8-11)12-4-5-13(23-22-12)26-10-18-9-19-26/h4-5,7,9-11H,2-3,6,8H2,1H3,(H,20,28)(H,21,27,29). The first kappa shape index (κ1) is 18.5. The number of hydrogen-bond acceptors (Lipinski definition) is 8. The zero-order valence-electron chi connectivity index (χ0n) is 15.6. The molecule has 0 bridgehead atoms. The summed E-state index contributed by atoms with van der Waals surface area (Å²) in [6, 6.07) is 4.80. The van der Waals surface area contributed by atoms with Crippen LogP contribution in [0, 0.1) is 5.92 Å². The molecule has 12 nitrogen and oxygen atoms in total. The van der Waals surface area contributed by atoms with Gasteiger partial charge in [0.25, 0.3) is 5.56 Å². The number of aromatic nitrogens is 7. The maximum Gasteiger partial charge on any atom is 0.329 e. The Hall–Kier alpha value is -3.83. The van der Waals surface area contributed by atoms with Gasteiger partial charge in [-0.3, -0.25) is 19.1 Å². The summed E-state index contributed by atoms with van der Waals surface area (Å²) in [6.07, 6.45) is 4.45. The molecular formula is C17H19N9O3. The summed E-state index contributed by atoms with van der Waals surface area (Å²) in [5.41, 5.74) is -1.14. The molecule has 1 unspecified atom stereocenters. The summed E-state index contributed by atoms with van der Waals surface area (Å²) in [6.45, 7) is 1.21. The molecule has 3 aromatic rings. The van der Waals surface area contributed by atoms with E-state index in [-0.39, 0.29) is 17.6 Å². The molecule has 0 aliphatic carbocycles. The number of nitrogens with zero attached hydrogens (tertiary/aromatic N) is 7. The highest BCUT2D eigenvalue weighted by molar-refractivity contribution is 5.92. The maximum atomic E-state index is 12.7. The van der Waals surface area contributed by atoms with Crippen LogP contribution in [0.2, 0.25) is 0 Å². The van der Waals surface area contributed by atoms with Crippen molar-refractivity contribution in [2.75, 3.05) is 23.3 Å². The van der Waals surface area contributed by atoms with Gasteiger partial charge in [0.1, 0.15) is 18.5 Å². The third kappa shape index (κ3) is 3.90. The lowest BCUT2D eigenvalue weighted by atomic mass is 9.97. The van der Waals surface area contributed by atoms with Crippen molar-refractivity contribution in [3.8, 4) is 5.82 Å². The van der Waals surface area contributed by atoms with E-state index < -0.39 is 11.2 Å². The quantitative estimate of drug-likeness (QED) is 0.588. The molecule has 0 spiro atoms. The number of rotatable bonds is 4. The highest BCUT2D eigenvalue weighted by atomic mass is 16.2. The topological polar surface area (TPSA) is 144 Å². The van der Waals surface area contributed by atoms with Crippen LogP contribution < -0.4 is 21.5 Å². The first-order valence-corrected chi connectivity index (χ1v) is 9.06. The van der Waals surface area contributed by atoms with Gasteiger partial charge in [0.05, 0.1) is 5.92 Å². The molecule has 2 N–H and O–H groups in total. The summed E-state index contributed by atoms with van der Waals surface area (Å²) in [7, 11) is 1.48. The molecular weight excluding hydrogens is 378 g/mol. The molecule has 1 atom stereocenters. The van der Waals surface area contributed by atoms with Crippen LogP contribution in [0.25, 0.3) is 5.82 Å². The average molecular weight is 397 g/mol. The monoisotopic (exact) mass is 397 g/mol. The minimum absolute atomic E-state index is 0.165. The molecule has 0 aromatic carbocycles. The van der Waals surface area contributed by atoms with E-state index in [1.54, 1.807) is 6.07 Å². The Balaban J connectivity index is 1.46. The van der Waals surface area contributed by atoms with Gasteiger partial charge >= 0.3 is 5.69 Å². The van der Waals surface area contributed by atoms with Gasteiger partial charge in [-0.2, -0.15) is 5.10 Å². The fourth-order valence-corrected chi connectivity index (χ4v) is 3.24. The SMILES string of the molecule is Cn1c(NC(=O)C2CCCN(c3ccc(-n4cncn4)nn3)C2)cc(=O)[nH]c1=O. The Morgan fingerprint density at radius 1 is 1.24 bits per heavy atom. The van der Waals surface area contributed by atoms with Gasteiger partial charge < -0.3 is 10.2 Å². The molecule has 1 saturated heterocycles. The van der Waals surface area contributed by atoms with Crippen molar-refractivity contribution >= 4 is 17.5 Å². The Bertz CT molecular complexity index is 1120. The number of H-pyrrole nitrogens is 1. The van der Waals surface area contributed by atoms with Crippen LogP contribution in [0.15, 0.2) is 40.4 Å². The van der Waals surface area contributed by atoms with Crippen molar-refractivity contribution in [2.24, 2.45) is 13.0 Å². The van der Waals surface area contributed by atoms with E-state index >= 15 is 0 Å². The van der Waals surface area contributed by atoms with Crippen LogP contribution in [0.3, 0.4) is 0 Å². The maximum absolute atomic E-state index is 12.7. The minimum atomic E-state index is -0.583. The predicted octanol–water partition coefficient (Wildman–Crippen LogP) is -0.701. The van der Waals surface area contributed by atoms with E-state index in [0.717, 1.165) is 13.0 Å². The van der Waals surface area contributed by atoms with Crippen LogP contribution in [-0.4, -0.2) is 53.5 Å². The Morgan fingerprint density at radius 3 is 2.76 bits per heavy atom. The van der Waals surface area contributed by atoms with Gasteiger partial charge in [0, 0.05) is 26.2 Å². The summed E-state index contributed by atoms with van der Waals surface area (Å²) in [5.74, 6) is 0.818. The molecule has 0 radical (unpaired) electrons. The average Bonchev–Trinajstić information content (AvgIpc) is 3.27. The van der Waals surface area contributed by atoms with Gasteiger partial charge in [-0.15, -0.1) is 10.2 Å². The van der Waals surface area contributed by atoms with Gasteiger partial charge in [-0.1, -0.05) is 0 Å². The van der Waals surface area contributed by atoms with Gasteiger partial charge in [0.15, 0.2) is 11.6 Å². The highest BCUT2D eigenvalue weighted by Crippen LogP contribution is 2.22. The zero-order valence-corrected chi connectivity index (χ0v) is 15.6. The van der Waals surface area contributed by atoms with E-state index in [4.69, 9.17) is 0 Å². The van der Waals surface area contributed by atoms with Gasteiger partial charge in [0.2, 0.25) is 5.91 Å². The van der Waals surface area contributed by atoms with E-state index in [1.807, 2.05) is 11.0 Å². The zero-order chi connectivity index (χ0) is 20.4. The van der Waals surface area contributed by atoms with Crippen LogP contribution in [0.1, 0.15) is 12.8 Å². The number of piperidine rings is 1. The summed E-state index contributed by atoms with van der Waals surface area (Å²) in [5, 5.41) is 15.1. The van der Waals surface area contributed by atoms with Gasteiger partial charge in [-0.25, -0.2) is 14.5 Å². The molecule has 3 aromatic heterocycles. The molecule has 1 fully saturated rings. The van der Waals surface area contributed by atoms with E-state index in [1.165, 1.54) is 35.0 Å². The molecule has 4 heterocycles. The van der Waals surface area contributed by atoms with Crippen molar-refractivity contribution < 1.29 is 4.79 Å². The second-order valence-electron chi connectivity index (χ2n) is 6.75. The van der Waals surface area contributed by atoms with E-state index in [9.17, 15) is 14.4 Å². The van der Waals surface area contributed by atoms with Crippen molar-refractivity contribution in [3.63, 3.8) is 0 Å². The lowest BCUT2D eigenvalue weighted by molar-refractivity contribution is -0.120. The summed E-state index contributed by atoms with van der Waals surface area (Å²) < 4.78 is 2.70. The number of carbonyl (C=O) groups excluding carboxylic acids is 1. The van der Waals surface area contributed by atoms with Crippen LogP contribution in [0.4, 0.5) is 11.6 Å². The third-order valence-electron chi connectivity index (χ3n) is 4.82.